The summed E-state index contributed by atoms with van der Waals surface area (Å²) in [5.41, 5.74) is 0. The number of hydrogen-bond acceptors (Lipinski definition) is 6. The third-order valence-corrected chi connectivity index (χ3v) is 3.29. The molecule has 0 aliphatic carbocycles. The van der Waals surface area contributed by atoms with Gasteiger partial charge in [-0.25, -0.2) is 4.79 Å². The van der Waals surface area contributed by atoms with E-state index < -0.39 is 12.1 Å². The number of carbonyl (C=O) groups excluding carboxylic acids is 3. The average molecular weight is 301 g/mol. The topological polar surface area (TPSA) is 97.0 Å². The van der Waals surface area contributed by atoms with E-state index in [0.29, 0.717) is 26.2 Å². The van der Waals surface area contributed by atoms with Crippen molar-refractivity contribution in [3.8, 4) is 0 Å². The second-order valence-electron chi connectivity index (χ2n) is 4.79. The lowest BCUT2D eigenvalue weighted by atomic mass is 10.1. The molecular weight excluding hydrogens is 278 g/mol. The van der Waals surface area contributed by atoms with Crippen molar-refractivity contribution in [2.45, 2.75) is 32.4 Å². The monoisotopic (exact) mass is 301 g/mol. The number of carbonyl (C=O) groups is 3. The van der Waals surface area contributed by atoms with Crippen molar-refractivity contribution in [2.75, 3.05) is 33.4 Å². The Labute approximate surface area is 124 Å². The fourth-order valence-electron chi connectivity index (χ4n) is 2.07. The number of methoxy groups -OCH3 is 1. The molecule has 0 aromatic carbocycles. The number of imide groups is 1. The summed E-state index contributed by atoms with van der Waals surface area (Å²) in [5, 5.41) is 4.78. The predicted molar refractivity (Wildman–Crippen MR) is 74.6 cm³/mol. The van der Waals surface area contributed by atoms with Crippen LogP contribution in [0.4, 0.5) is 4.79 Å². The summed E-state index contributed by atoms with van der Waals surface area (Å²) in [4.78, 5) is 36.4. The molecule has 1 heterocycles. The maximum absolute atomic E-state index is 12.0. The van der Waals surface area contributed by atoms with Gasteiger partial charge < -0.3 is 14.8 Å². The van der Waals surface area contributed by atoms with Crippen LogP contribution in [0, 0.1) is 0 Å². The van der Waals surface area contributed by atoms with E-state index in [-0.39, 0.29) is 24.4 Å². The van der Waals surface area contributed by atoms with E-state index in [2.05, 4.69) is 15.4 Å². The molecule has 0 radical (unpaired) electrons. The van der Waals surface area contributed by atoms with Gasteiger partial charge in [-0.3, -0.25) is 19.8 Å². The number of rotatable bonds is 5. The molecule has 1 fully saturated rings. The van der Waals surface area contributed by atoms with Crippen LogP contribution < -0.4 is 10.6 Å². The van der Waals surface area contributed by atoms with Crippen molar-refractivity contribution in [1.82, 2.24) is 15.5 Å². The molecule has 0 saturated carbocycles. The lowest BCUT2D eigenvalue weighted by Crippen LogP contribution is -2.54. The summed E-state index contributed by atoms with van der Waals surface area (Å²) < 4.78 is 10.1. The Hall–Kier alpha value is -1.67. The maximum atomic E-state index is 12.0. The highest BCUT2D eigenvalue weighted by atomic mass is 16.5. The molecule has 0 spiro atoms. The molecule has 21 heavy (non-hydrogen) atoms. The zero-order valence-electron chi connectivity index (χ0n) is 12.7. The van der Waals surface area contributed by atoms with Crippen LogP contribution in [0.5, 0.6) is 0 Å². The third kappa shape index (κ3) is 5.68. The van der Waals surface area contributed by atoms with Crippen LogP contribution in [-0.2, 0) is 19.1 Å². The van der Waals surface area contributed by atoms with Gasteiger partial charge in [0.25, 0.3) is 0 Å². The zero-order valence-corrected chi connectivity index (χ0v) is 12.7. The summed E-state index contributed by atoms with van der Waals surface area (Å²) in [7, 11) is 1.32. The van der Waals surface area contributed by atoms with Crippen LogP contribution >= 0.6 is 0 Å². The van der Waals surface area contributed by atoms with Crippen molar-refractivity contribution < 1.29 is 23.9 Å². The minimum atomic E-state index is -0.506. The fourth-order valence-corrected chi connectivity index (χ4v) is 2.07. The number of hydrogen-bond donors (Lipinski definition) is 2. The van der Waals surface area contributed by atoms with E-state index in [1.165, 1.54) is 7.11 Å². The highest BCUT2D eigenvalue weighted by Crippen LogP contribution is 2.12. The molecule has 3 amide bonds. The molecule has 8 heteroatoms. The van der Waals surface area contributed by atoms with E-state index in [1.54, 1.807) is 13.8 Å². The maximum Gasteiger partial charge on any atom is 0.321 e. The average Bonchev–Trinajstić information content (AvgIpc) is 2.46. The Morgan fingerprint density at radius 3 is 2.76 bits per heavy atom. The molecule has 0 aromatic heterocycles. The molecule has 2 N–H and O–H groups in total. The number of nitrogens with one attached hydrogen (secondary N) is 2. The van der Waals surface area contributed by atoms with Gasteiger partial charge in [0.15, 0.2) is 0 Å². The SMILES string of the molecule is CCNC(=O)NC(=O)C(C)N1CCOC(CC(=O)OC)C1. The van der Waals surface area contributed by atoms with E-state index in [9.17, 15) is 14.4 Å². The number of morpholine rings is 1. The summed E-state index contributed by atoms with van der Waals surface area (Å²) in [5.74, 6) is -0.721. The quantitative estimate of drug-likeness (QED) is 0.664. The first-order valence-electron chi connectivity index (χ1n) is 6.99. The van der Waals surface area contributed by atoms with Gasteiger partial charge in [-0.2, -0.15) is 0 Å². The number of amides is 3. The smallest absolute Gasteiger partial charge is 0.321 e. The minimum absolute atomic E-state index is 0.150. The highest BCUT2D eigenvalue weighted by molar-refractivity contribution is 5.96. The molecule has 1 aliphatic heterocycles. The third-order valence-electron chi connectivity index (χ3n) is 3.29. The van der Waals surface area contributed by atoms with E-state index in [1.807, 2.05) is 4.90 Å². The lowest BCUT2D eigenvalue weighted by molar-refractivity contribution is -0.146. The van der Waals surface area contributed by atoms with Crippen LogP contribution in [0.2, 0.25) is 0 Å². The number of urea groups is 1. The molecule has 1 aliphatic rings. The van der Waals surface area contributed by atoms with Crippen molar-refractivity contribution >= 4 is 17.9 Å². The zero-order chi connectivity index (χ0) is 15.8. The number of esters is 1. The van der Waals surface area contributed by atoms with Crippen LogP contribution in [0.15, 0.2) is 0 Å². The normalized spacial score (nSPS) is 20.4. The number of ether oxygens (including phenoxy) is 2. The number of nitrogens with zero attached hydrogens (tertiary/aromatic N) is 1. The van der Waals surface area contributed by atoms with Gasteiger partial charge in [0.1, 0.15) is 0 Å². The molecule has 0 bridgehead atoms. The second kappa shape index (κ2) is 8.58. The van der Waals surface area contributed by atoms with Crippen LogP contribution in [0.3, 0.4) is 0 Å². The molecule has 1 saturated heterocycles. The largest absolute Gasteiger partial charge is 0.469 e. The Bertz CT molecular complexity index is 388. The van der Waals surface area contributed by atoms with Gasteiger partial charge in [-0.1, -0.05) is 0 Å². The first-order chi connectivity index (χ1) is 9.97. The molecule has 1 rings (SSSR count). The van der Waals surface area contributed by atoms with Gasteiger partial charge in [0, 0.05) is 19.6 Å². The lowest BCUT2D eigenvalue weighted by Gasteiger charge is -2.35. The van der Waals surface area contributed by atoms with Gasteiger partial charge >= 0.3 is 12.0 Å². The van der Waals surface area contributed by atoms with Crippen LogP contribution in [-0.4, -0.2) is 68.3 Å². The van der Waals surface area contributed by atoms with Gasteiger partial charge in [0.05, 0.1) is 32.3 Å². The summed E-state index contributed by atoms with van der Waals surface area (Å²) >= 11 is 0. The first kappa shape index (κ1) is 17.4. The van der Waals surface area contributed by atoms with Crippen molar-refractivity contribution in [3.63, 3.8) is 0 Å². The summed E-state index contributed by atoms with van der Waals surface area (Å²) in [6, 6.07) is -0.981. The first-order valence-corrected chi connectivity index (χ1v) is 6.99. The summed E-state index contributed by atoms with van der Waals surface area (Å²) in [6.07, 6.45) is -0.150. The molecular formula is C13H23N3O5. The van der Waals surface area contributed by atoms with Crippen molar-refractivity contribution in [2.24, 2.45) is 0 Å². The molecule has 120 valence electrons. The van der Waals surface area contributed by atoms with Crippen molar-refractivity contribution in [3.05, 3.63) is 0 Å². The molecule has 8 nitrogen and oxygen atoms in total. The van der Waals surface area contributed by atoms with Crippen molar-refractivity contribution in [1.29, 1.82) is 0 Å². The summed E-state index contributed by atoms with van der Waals surface area (Å²) in [6.45, 7) is 5.38. The van der Waals surface area contributed by atoms with E-state index >= 15 is 0 Å². The standard InChI is InChI=1S/C13H23N3O5/c1-4-14-13(19)15-12(18)9(2)16-5-6-21-10(8-16)7-11(17)20-3/h9-10H,4-8H2,1-3H3,(H2,14,15,18,19). The molecule has 2 atom stereocenters. The van der Waals surface area contributed by atoms with E-state index in [4.69, 9.17) is 4.74 Å². The Morgan fingerprint density at radius 2 is 2.14 bits per heavy atom. The second-order valence-corrected chi connectivity index (χ2v) is 4.79. The van der Waals surface area contributed by atoms with Gasteiger partial charge in [-0.15, -0.1) is 0 Å². The van der Waals surface area contributed by atoms with Crippen LogP contribution in [0.1, 0.15) is 20.3 Å². The Kier molecular flexibility index (Phi) is 7.10. The van der Waals surface area contributed by atoms with E-state index in [0.717, 1.165) is 0 Å². The van der Waals surface area contributed by atoms with Gasteiger partial charge in [-0.05, 0) is 13.8 Å². The Balaban J connectivity index is 2.49. The fraction of sp³-hybridized carbons (Fsp3) is 0.769. The minimum Gasteiger partial charge on any atom is -0.469 e. The molecule has 2 unspecified atom stereocenters. The van der Waals surface area contributed by atoms with Crippen LogP contribution in [0.25, 0.3) is 0 Å². The molecule has 0 aromatic rings. The highest BCUT2D eigenvalue weighted by Gasteiger charge is 2.29. The predicted octanol–water partition coefficient (Wildman–Crippen LogP) is -0.515. The van der Waals surface area contributed by atoms with Gasteiger partial charge in [0.2, 0.25) is 5.91 Å². The Morgan fingerprint density at radius 1 is 1.43 bits per heavy atom.